The highest BCUT2D eigenvalue weighted by molar-refractivity contribution is 6.04. The molecule has 9 nitrogen and oxygen atoms in total. The van der Waals surface area contributed by atoms with Crippen molar-refractivity contribution >= 4 is 16.7 Å². The van der Waals surface area contributed by atoms with Crippen LogP contribution in [0.3, 0.4) is 0 Å². The minimum atomic E-state index is -0.316. The van der Waals surface area contributed by atoms with E-state index in [0.717, 1.165) is 12.8 Å². The van der Waals surface area contributed by atoms with Crippen LogP contribution in [0.2, 0.25) is 0 Å². The van der Waals surface area contributed by atoms with Gasteiger partial charge in [-0.15, -0.1) is 0 Å². The summed E-state index contributed by atoms with van der Waals surface area (Å²) in [6.45, 7) is 3.52. The van der Waals surface area contributed by atoms with Gasteiger partial charge in [-0.2, -0.15) is 10.2 Å². The number of aromatic nitrogens is 5. The smallest absolute Gasteiger partial charge is 0.337 e. The van der Waals surface area contributed by atoms with Crippen LogP contribution < -0.4 is 11.2 Å². The number of piperidine rings is 1. The van der Waals surface area contributed by atoms with Crippen molar-refractivity contribution in [2.45, 2.75) is 32.2 Å². The normalized spacial score (nSPS) is 17.2. The van der Waals surface area contributed by atoms with Gasteiger partial charge in [0.25, 0.3) is 11.5 Å². The van der Waals surface area contributed by atoms with E-state index in [1.165, 1.54) is 4.68 Å². The number of H-pyrrole nitrogens is 1. The van der Waals surface area contributed by atoms with Gasteiger partial charge in [0, 0.05) is 38.0 Å². The number of carbonyl (C=O) groups excluding carboxylic acids is 1. The van der Waals surface area contributed by atoms with Crippen LogP contribution in [0.15, 0.2) is 33.9 Å². The Labute approximate surface area is 160 Å². The number of hydrogen-bond donors (Lipinski definition) is 1. The van der Waals surface area contributed by atoms with E-state index < -0.39 is 0 Å². The molecule has 3 aromatic rings. The van der Waals surface area contributed by atoms with E-state index in [4.69, 9.17) is 0 Å². The molecule has 0 aliphatic carbocycles. The Bertz CT molecular complexity index is 1160. The summed E-state index contributed by atoms with van der Waals surface area (Å²) in [4.78, 5) is 39.1. The van der Waals surface area contributed by atoms with E-state index in [0.29, 0.717) is 36.2 Å². The Morgan fingerprint density at radius 1 is 1.25 bits per heavy atom. The highest BCUT2D eigenvalue weighted by Gasteiger charge is 2.30. The fraction of sp³-hybridized carbons (Fsp3) is 0.421. The number of aromatic amines is 1. The molecule has 0 saturated carbocycles. The molecule has 1 fully saturated rings. The first-order valence-electron chi connectivity index (χ1n) is 9.41. The van der Waals surface area contributed by atoms with Gasteiger partial charge in [-0.05, 0) is 25.8 Å². The lowest BCUT2D eigenvalue weighted by Gasteiger charge is -2.32. The van der Waals surface area contributed by atoms with Crippen molar-refractivity contribution in [3.8, 4) is 0 Å². The molecule has 1 aliphatic heterocycles. The summed E-state index contributed by atoms with van der Waals surface area (Å²) in [7, 11) is 1.64. The van der Waals surface area contributed by atoms with E-state index in [9.17, 15) is 14.4 Å². The van der Waals surface area contributed by atoms with E-state index >= 15 is 0 Å². The van der Waals surface area contributed by atoms with Crippen LogP contribution >= 0.6 is 0 Å². The highest BCUT2D eigenvalue weighted by Crippen LogP contribution is 2.26. The van der Waals surface area contributed by atoms with Gasteiger partial charge in [-0.1, -0.05) is 18.2 Å². The Balaban J connectivity index is 1.67. The van der Waals surface area contributed by atoms with Crippen LogP contribution in [-0.2, 0) is 13.6 Å². The third kappa shape index (κ3) is 2.92. The summed E-state index contributed by atoms with van der Waals surface area (Å²) in [5, 5.41) is 11.8. The van der Waals surface area contributed by atoms with Gasteiger partial charge >= 0.3 is 5.69 Å². The predicted octanol–water partition coefficient (Wildman–Crippen LogP) is 0.858. The lowest BCUT2D eigenvalue weighted by Crippen LogP contribution is -2.40. The summed E-state index contributed by atoms with van der Waals surface area (Å²) < 4.78 is 3.00. The van der Waals surface area contributed by atoms with Crippen molar-refractivity contribution < 1.29 is 4.79 Å². The molecule has 146 valence electrons. The van der Waals surface area contributed by atoms with E-state index in [1.54, 1.807) is 40.8 Å². The maximum absolute atomic E-state index is 13.2. The van der Waals surface area contributed by atoms with Crippen LogP contribution in [0, 0.1) is 0 Å². The largest absolute Gasteiger partial charge is 0.345 e. The second-order valence-corrected chi connectivity index (χ2v) is 7.05. The summed E-state index contributed by atoms with van der Waals surface area (Å²) in [5.41, 5.74) is -0.219. The molecule has 28 heavy (non-hydrogen) atoms. The third-order valence-corrected chi connectivity index (χ3v) is 5.33. The summed E-state index contributed by atoms with van der Waals surface area (Å²) in [6.07, 6.45) is 1.67. The number of amides is 1. The van der Waals surface area contributed by atoms with Gasteiger partial charge in [-0.3, -0.25) is 14.2 Å². The van der Waals surface area contributed by atoms with Crippen molar-refractivity contribution in [1.82, 2.24) is 29.4 Å². The average Bonchev–Trinajstić information content (AvgIpc) is 3.02. The number of hydrogen-bond acceptors (Lipinski definition) is 5. The maximum Gasteiger partial charge on any atom is 0.345 e. The van der Waals surface area contributed by atoms with Gasteiger partial charge in [0.1, 0.15) is 5.82 Å². The maximum atomic E-state index is 13.2. The zero-order valence-corrected chi connectivity index (χ0v) is 15.9. The van der Waals surface area contributed by atoms with Crippen molar-refractivity contribution in [2.24, 2.45) is 7.05 Å². The van der Waals surface area contributed by atoms with Gasteiger partial charge in [0.2, 0.25) is 0 Å². The number of rotatable bonds is 3. The molecule has 1 N–H and O–H groups in total. The Morgan fingerprint density at radius 2 is 2.00 bits per heavy atom. The van der Waals surface area contributed by atoms with E-state index in [-0.39, 0.29) is 28.8 Å². The monoisotopic (exact) mass is 382 g/mol. The zero-order chi connectivity index (χ0) is 19.8. The lowest BCUT2D eigenvalue weighted by molar-refractivity contribution is 0.0698. The summed E-state index contributed by atoms with van der Waals surface area (Å²) >= 11 is 0. The molecule has 1 atom stereocenters. The number of fused-ring (bicyclic) bond motifs is 1. The molecule has 3 heterocycles. The molecule has 1 aromatic carbocycles. The van der Waals surface area contributed by atoms with E-state index in [2.05, 4.69) is 15.3 Å². The quantitative estimate of drug-likeness (QED) is 0.723. The number of carbonyl (C=O) groups is 1. The molecular weight excluding hydrogens is 360 g/mol. The van der Waals surface area contributed by atoms with Crippen LogP contribution in [0.4, 0.5) is 0 Å². The number of nitrogens with zero attached hydrogens (tertiary/aromatic N) is 5. The first-order valence-corrected chi connectivity index (χ1v) is 9.41. The molecule has 1 aliphatic rings. The van der Waals surface area contributed by atoms with Gasteiger partial charge in [-0.25, -0.2) is 14.6 Å². The minimum absolute atomic E-state index is 0.0134. The fourth-order valence-corrected chi connectivity index (χ4v) is 3.92. The van der Waals surface area contributed by atoms with Crippen LogP contribution in [0.5, 0.6) is 0 Å². The highest BCUT2D eigenvalue weighted by atomic mass is 16.2. The molecule has 0 radical (unpaired) electrons. The zero-order valence-electron chi connectivity index (χ0n) is 15.9. The number of likely N-dealkylation sites (tertiary alicyclic amines) is 1. The van der Waals surface area contributed by atoms with E-state index in [1.807, 2.05) is 6.92 Å². The van der Waals surface area contributed by atoms with Crippen molar-refractivity contribution in [3.63, 3.8) is 0 Å². The first kappa shape index (κ1) is 18.1. The van der Waals surface area contributed by atoms with Crippen molar-refractivity contribution in [1.29, 1.82) is 0 Å². The topological polar surface area (TPSA) is 106 Å². The van der Waals surface area contributed by atoms with Crippen LogP contribution in [-0.4, -0.2) is 48.4 Å². The summed E-state index contributed by atoms with van der Waals surface area (Å²) in [5.74, 6) is 0.478. The van der Waals surface area contributed by atoms with Crippen LogP contribution in [0.25, 0.3) is 10.8 Å². The molecule has 1 amide bonds. The molecule has 0 bridgehead atoms. The number of nitrogens with one attached hydrogen (secondary N) is 1. The molecular formula is C19H22N6O3. The Hall–Kier alpha value is -3.23. The number of benzene rings is 1. The first-order chi connectivity index (χ1) is 13.5. The van der Waals surface area contributed by atoms with Gasteiger partial charge < -0.3 is 4.90 Å². The minimum Gasteiger partial charge on any atom is -0.337 e. The second kappa shape index (κ2) is 7.06. The molecule has 2 aromatic heterocycles. The van der Waals surface area contributed by atoms with Gasteiger partial charge in [0.15, 0.2) is 5.69 Å². The molecule has 9 heteroatoms. The molecule has 1 saturated heterocycles. The predicted molar refractivity (Wildman–Crippen MR) is 103 cm³/mol. The molecule has 1 unspecified atom stereocenters. The Morgan fingerprint density at radius 3 is 2.75 bits per heavy atom. The third-order valence-electron chi connectivity index (χ3n) is 5.33. The van der Waals surface area contributed by atoms with Crippen molar-refractivity contribution in [2.75, 3.05) is 13.1 Å². The van der Waals surface area contributed by atoms with Gasteiger partial charge in [0.05, 0.1) is 5.39 Å². The standard InChI is InChI=1S/C19H22N6O3/c1-3-25-16(22-23(2)19(25)28)12-7-6-10-24(11-12)18(27)15-13-8-4-5-9-14(13)17(26)21-20-15/h4-5,8-9,12H,3,6-7,10-11H2,1-2H3,(H,21,26). The average molecular weight is 382 g/mol. The molecule has 0 spiro atoms. The second-order valence-electron chi connectivity index (χ2n) is 7.05. The van der Waals surface area contributed by atoms with Crippen LogP contribution in [0.1, 0.15) is 42.0 Å². The number of aryl methyl sites for hydroxylation is 1. The van der Waals surface area contributed by atoms with Crippen molar-refractivity contribution in [3.05, 3.63) is 56.6 Å². The molecule has 4 rings (SSSR count). The fourth-order valence-electron chi connectivity index (χ4n) is 3.92. The Kier molecular flexibility index (Phi) is 4.58. The lowest BCUT2D eigenvalue weighted by atomic mass is 9.96. The summed E-state index contributed by atoms with van der Waals surface area (Å²) in [6, 6.07) is 6.96. The SMILES string of the molecule is CCn1c(C2CCCN(C(=O)c3n[nH]c(=O)c4ccccc34)C2)nn(C)c1=O.